The van der Waals surface area contributed by atoms with Gasteiger partial charge in [-0.2, -0.15) is 0 Å². The van der Waals surface area contributed by atoms with Crippen molar-refractivity contribution in [2.45, 2.75) is 57.7 Å². The topological polar surface area (TPSA) is 91.0 Å². The number of benzene rings is 4. The van der Waals surface area contributed by atoms with Crippen LogP contribution in [0.25, 0.3) is 33.3 Å². The van der Waals surface area contributed by atoms with Crippen molar-refractivity contribution in [3.63, 3.8) is 0 Å². The minimum Gasteiger partial charge on any atom is -0.406 e. The van der Waals surface area contributed by atoms with Crippen LogP contribution < -0.4 is 20.3 Å². The summed E-state index contributed by atoms with van der Waals surface area (Å²) in [5, 5.41) is 14.0. The normalized spacial score (nSPS) is 16.1. The molecule has 63 heavy (non-hydrogen) atoms. The van der Waals surface area contributed by atoms with Crippen LogP contribution in [-0.2, 0) is 24.4 Å². The predicted molar refractivity (Wildman–Crippen MR) is 244 cm³/mol. The molecule has 2 aromatic heterocycles. The number of nitrogens with one attached hydrogen (secondary N) is 2. The lowest BCUT2D eigenvalue weighted by Gasteiger charge is -2.44. The third-order valence-corrected chi connectivity index (χ3v) is 13.3. The lowest BCUT2D eigenvalue weighted by atomic mass is 9.84. The summed E-state index contributed by atoms with van der Waals surface area (Å²) in [6.45, 7) is 9.15. The molecule has 0 unspecified atom stereocenters. The van der Waals surface area contributed by atoms with Crippen LogP contribution in [0.5, 0.6) is 5.75 Å². The van der Waals surface area contributed by atoms with E-state index in [-0.39, 0.29) is 11.7 Å². The van der Waals surface area contributed by atoms with E-state index in [2.05, 4.69) is 53.1 Å². The van der Waals surface area contributed by atoms with E-state index in [0.717, 1.165) is 77.1 Å². The molecule has 0 radical (unpaired) electrons. The summed E-state index contributed by atoms with van der Waals surface area (Å²) in [6, 6.07) is 25.4. The quantitative estimate of drug-likeness (QED) is 0.104. The van der Waals surface area contributed by atoms with Gasteiger partial charge >= 0.3 is 6.36 Å². The van der Waals surface area contributed by atoms with Crippen LogP contribution >= 0.6 is 34.8 Å². The zero-order chi connectivity index (χ0) is 44.3. The summed E-state index contributed by atoms with van der Waals surface area (Å²) < 4.78 is 51.1. The first kappa shape index (κ1) is 44.8. The van der Waals surface area contributed by atoms with Gasteiger partial charge in [0.25, 0.3) is 0 Å². The Balaban J connectivity index is 0.976. The third-order valence-electron chi connectivity index (χ3n) is 12.3. The van der Waals surface area contributed by atoms with Gasteiger partial charge in [0.05, 0.1) is 0 Å². The molecule has 0 bridgehead atoms. The Morgan fingerprint density at radius 1 is 0.905 bits per heavy atom. The monoisotopic (exact) mass is 921 g/mol. The molecule has 10 nitrogen and oxygen atoms in total. The number of anilines is 1. The number of piperazine rings is 1. The van der Waals surface area contributed by atoms with Crippen LogP contribution in [0.2, 0.25) is 15.1 Å². The van der Waals surface area contributed by atoms with Crippen LogP contribution in [0, 0.1) is 6.92 Å². The number of halogens is 6. The number of carbonyl (C=O) groups excluding carboxylic acids is 1. The van der Waals surface area contributed by atoms with Crippen LogP contribution in [0.1, 0.15) is 36.1 Å². The van der Waals surface area contributed by atoms with Crippen molar-refractivity contribution in [3.05, 3.63) is 123 Å². The van der Waals surface area contributed by atoms with Crippen molar-refractivity contribution in [2.75, 3.05) is 57.8 Å². The molecule has 6 aromatic rings. The first-order valence-corrected chi connectivity index (χ1v) is 22.2. The second-order valence-electron chi connectivity index (χ2n) is 16.3. The molecule has 2 aliphatic rings. The van der Waals surface area contributed by atoms with E-state index in [9.17, 15) is 18.0 Å². The van der Waals surface area contributed by atoms with E-state index < -0.39 is 11.9 Å². The molecule has 16 heteroatoms. The average Bonchev–Trinajstić information content (AvgIpc) is 3.83. The van der Waals surface area contributed by atoms with Crippen molar-refractivity contribution in [1.29, 1.82) is 0 Å². The number of piperidine rings is 1. The summed E-state index contributed by atoms with van der Waals surface area (Å²) in [6.07, 6.45) is -0.919. The van der Waals surface area contributed by atoms with E-state index >= 15 is 0 Å². The first-order valence-electron chi connectivity index (χ1n) is 21.1. The molecule has 2 saturated heterocycles. The number of likely N-dealkylation sites (N-methyl/N-ethyl adjacent to an activating group) is 1. The molecule has 4 heterocycles. The SMILES string of the molecule is Cc1onc(-c2ccc(Cl)cc2)c1N(C)C1(C(=O)NCCCn2cc(-c3ccc(OC(F)(F)F)cc3)c3cc(CN4CCN(Cc5c(Cl)cccc5Cl)CC4)ccc32)CCNCC1. The van der Waals surface area contributed by atoms with E-state index in [1.807, 2.05) is 67.5 Å². The maximum absolute atomic E-state index is 14.4. The molecule has 8 rings (SSSR count). The van der Waals surface area contributed by atoms with Crippen molar-refractivity contribution >= 4 is 57.3 Å². The highest BCUT2D eigenvalue weighted by Crippen LogP contribution is 2.40. The van der Waals surface area contributed by atoms with Gasteiger partial charge in [-0.05, 0) is 98.9 Å². The molecule has 2 N–H and O–H groups in total. The van der Waals surface area contributed by atoms with Gasteiger partial charge in [-0.1, -0.05) is 76.4 Å². The highest BCUT2D eigenvalue weighted by atomic mass is 35.5. The fourth-order valence-corrected chi connectivity index (χ4v) is 9.55. The summed E-state index contributed by atoms with van der Waals surface area (Å²) in [7, 11) is 1.94. The Morgan fingerprint density at radius 3 is 2.22 bits per heavy atom. The van der Waals surface area contributed by atoms with Gasteiger partial charge in [-0.3, -0.25) is 14.6 Å². The second-order valence-corrected chi connectivity index (χ2v) is 17.6. The number of amides is 1. The molecule has 0 atom stereocenters. The Morgan fingerprint density at radius 2 is 1.56 bits per heavy atom. The van der Waals surface area contributed by atoms with Crippen LogP contribution in [0.4, 0.5) is 18.9 Å². The number of rotatable bonds is 14. The van der Waals surface area contributed by atoms with Gasteiger partial charge < -0.3 is 29.4 Å². The minimum absolute atomic E-state index is 0.0634. The largest absolute Gasteiger partial charge is 0.573 e. The summed E-state index contributed by atoms with van der Waals surface area (Å²) in [5.41, 5.74) is 6.14. The Kier molecular flexibility index (Phi) is 13.6. The Bertz CT molecular complexity index is 2510. The minimum atomic E-state index is -4.78. The number of aromatic nitrogens is 2. The number of carbonyl (C=O) groups is 1. The standard InChI is InChI=1S/C47H49Cl3F3N7O3/c1-31-44(43(56-63-31)34-8-12-35(48)13-9-34)57(2)46(17-20-54-21-18-46)45(61)55-19-4-22-60-30-38(33-10-14-36(15-11-33)62-47(51,52)53)37-27-32(7-16-42(37)60)28-58-23-25-59(26-24-58)29-39-40(49)5-3-6-41(39)50/h3,5-16,27,30,54H,4,17-26,28-29H2,1-2H3,(H,55,61). The number of aryl methyl sites for hydroxylation is 2. The number of hydrogen-bond donors (Lipinski definition) is 2. The van der Waals surface area contributed by atoms with E-state index in [1.54, 1.807) is 12.1 Å². The molecule has 332 valence electrons. The van der Waals surface area contributed by atoms with Gasteiger partial charge in [-0.25, -0.2) is 0 Å². The fourth-order valence-electron chi connectivity index (χ4n) is 8.91. The van der Waals surface area contributed by atoms with Crippen LogP contribution in [-0.4, -0.2) is 90.2 Å². The Labute approximate surface area is 379 Å². The van der Waals surface area contributed by atoms with Crippen molar-refractivity contribution in [1.82, 2.24) is 30.2 Å². The molecule has 0 aliphatic carbocycles. The molecule has 2 fully saturated rings. The zero-order valence-corrected chi connectivity index (χ0v) is 37.3. The maximum Gasteiger partial charge on any atom is 0.573 e. The van der Waals surface area contributed by atoms with E-state index in [1.165, 1.54) is 12.1 Å². The number of ether oxygens (including phenoxy) is 1. The average molecular weight is 923 g/mol. The lowest BCUT2D eigenvalue weighted by Crippen LogP contribution is -2.62. The number of hydrogen-bond acceptors (Lipinski definition) is 8. The molecular formula is C47H49Cl3F3N7O3. The van der Waals surface area contributed by atoms with Crippen LogP contribution in [0.15, 0.2) is 95.6 Å². The molecule has 0 saturated carbocycles. The van der Waals surface area contributed by atoms with Gasteiger partial charge in [0.1, 0.15) is 22.7 Å². The summed E-state index contributed by atoms with van der Waals surface area (Å²) in [5.74, 6) is 0.276. The lowest BCUT2D eigenvalue weighted by molar-refractivity contribution is -0.274. The first-order chi connectivity index (χ1) is 30.3. The van der Waals surface area contributed by atoms with Gasteiger partial charge in [0.15, 0.2) is 5.76 Å². The van der Waals surface area contributed by atoms with E-state index in [4.69, 9.17) is 39.3 Å². The van der Waals surface area contributed by atoms with Crippen molar-refractivity contribution in [3.8, 4) is 28.1 Å². The van der Waals surface area contributed by atoms with E-state index in [0.29, 0.717) is 78.5 Å². The predicted octanol–water partition coefficient (Wildman–Crippen LogP) is 10.2. The molecule has 4 aromatic carbocycles. The number of alkyl halides is 3. The fraction of sp³-hybridized carbons (Fsp3) is 0.362. The second kappa shape index (κ2) is 19.1. The number of fused-ring (bicyclic) bond motifs is 1. The number of nitrogens with zero attached hydrogens (tertiary/aromatic N) is 5. The van der Waals surface area contributed by atoms with Gasteiger partial charge in [-0.15, -0.1) is 13.2 Å². The summed E-state index contributed by atoms with van der Waals surface area (Å²) in [4.78, 5) is 21.2. The summed E-state index contributed by atoms with van der Waals surface area (Å²) >= 11 is 19.1. The molecule has 0 spiro atoms. The maximum atomic E-state index is 14.4. The Hall–Kier alpha value is -4.76. The highest BCUT2D eigenvalue weighted by Gasteiger charge is 2.45. The molecular weight excluding hydrogens is 874 g/mol. The van der Waals surface area contributed by atoms with Crippen LogP contribution in [0.3, 0.4) is 0 Å². The third kappa shape index (κ3) is 10.1. The molecule has 2 aliphatic heterocycles. The van der Waals surface area contributed by atoms with Gasteiger partial charge in [0.2, 0.25) is 5.91 Å². The van der Waals surface area contributed by atoms with Crippen molar-refractivity contribution < 1.29 is 27.2 Å². The van der Waals surface area contributed by atoms with Crippen molar-refractivity contribution in [2.24, 2.45) is 0 Å². The highest BCUT2D eigenvalue weighted by molar-refractivity contribution is 6.36. The van der Waals surface area contributed by atoms with Gasteiger partial charge in [0, 0.05) is 108 Å². The smallest absolute Gasteiger partial charge is 0.406 e. The zero-order valence-electron chi connectivity index (χ0n) is 35.1. The molecule has 1 amide bonds.